The van der Waals surface area contributed by atoms with Gasteiger partial charge in [-0.1, -0.05) is 13.0 Å². The second-order valence-electron chi connectivity index (χ2n) is 4.97. The van der Waals surface area contributed by atoms with Crippen LogP contribution in [0.5, 0.6) is 0 Å². The highest BCUT2D eigenvalue weighted by Crippen LogP contribution is 2.20. The van der Waals surface area contributed by atoms with Crippen LogP contribution in [0, 0.1) is 19.8 Å². The summed E-state index contributed by atoms with van der Waals surface area (Å²) >= 11 is 0. The fourth-order valence-electron chi connectivity index (χ4n) is 2.29. The monoisotopic (exact) mass is 248 g/mol. The van der Waals surface area contributed by atoms with Gasteiger partial charge in [0.2, 0.25) is 0 Å². The van der Waals surface area contributed by atoms with Crippen molar-refractivity contribution in [1.82, 2.24) is 10.9 Å². The van der Waals surface area contributed by atoms with Gasteiger partial charge in [-0.05, 0) is 45.1 Å². The van der Waals surface area contributed by atoms with E-state index in [0.29, 0.717) is 17.2 Å². The van der Waals surface area contributed by atoms with Crippen LogP contribution < -0.4 is 10.9 Å². The average Bonchev–Trinajstić information content (AvgIpc) is 2.66. The summed E-state index contributed by atoms with van der Waals surface area (Å²) in [5.74, 6) is 1.83. The highest BCUT2D eigenvalue weighted by Gasteiger charge is 2.14. The number of hydrazine groups is 1. The SMILES string of the molecule is Cc1cc(C(=O)NNC2=C[C@H](C)CCC2)c(C)o1. The first-order valence-electron chi connectivity index (χ1n) is 6.40. The van der Waals surface area contributed by atoms with Crippen molar-refractivity contribution in [3.63, 3.8) is 0 Å². The first-order valence-corrected chi connectivity index (χ1v) is 6.40. The number of nitrogens with one attached hydrogen (secondary N) is 2. The number of hydrogen-bond donors (Lipinski definition) is 2. The highest BCUT2D eigenvalue weighted by molar-refractivity contribution is 5.95. The summed E-state index contributed by atoms with van der Waals surface area (Å²) in [6.45, 7) is 5.82. The minimum Gasteiger partial charge on any atom is -0.466 e. The van der Waals surface area contributed by atoms with Gasteiger partial charge in [0.15, 0.2) is 0 Å². The van der Waals surface area contributed by atoms with Crippen LogP contribution in [0.15, 0.2) is 22.3 Å². The van der Waals surface area contributed by atoms with Gasteiger partial charge in [-0.3, -0.25) is 10.2 Å². The van der Waals surface area contributed by atoms with E-state index in [0.717, 1.165) is 17.9 Å². The van der Waals surface area contributed by atoms with E-state index in [9.17, 15) is 4.79 Å². The number of rotatable bonds is 3. The van der Waals surface area contributed by atoms with E-state index in [2.05, 4.69) is 23.9 Å². The molecule has 0 unspecified atom stereocenters. The minimum absolute atomic E-state index is 0.150. The van der Waals surface area contributed by atoms with Crippen molar-refractivity contribution in [2.45, 2.75) is 40.0 Å². The predicted molar refractivity (Wildman–Crippen MR) is 69.9 cm³/mol. The lowest BCUT2D eigenvalue weighted by molar-refractivity contribution is 0.0936. The molecule has 2 rings (SSSR count). The van der Waals surface area contributed by atoms with Crippen LogP contribution in [0.4, 0.5) is 0 Å². The lowest BCUT2D eigenvalue weighted by Gasteiger charge is -2.19. The van der Waals surface area contributed by atoms with Gasteiger partial charge in [0, 0.05) is 5.70 Å². The Kier molecular flexibility index (Phi) is 3.75. The summed E-state index contributed by atoms with van der Waals surface area (Å²) in [6, 6.07) is 1.75. The van der Waals surface area contributed by atoms with E-state index in [1.807, 2.05) is 6.92 Å². The number of carbonyl (C=O) groups excluding carboxylic acids is 1. The number of allylic oxidation sites excluding steroid dienone is 2. The van der Waals surface area contributed by atoms with Crippen molar-refractivity contribution in [2.75, 3.05) is 0 Å². The van der Waals surface area contributed by atoms with E-state index in [1.54, 1.807) is 13.0 Å². The maximum Gasteiger partial charge on any atom is 0.273 e. The van der Waals surface area contributed by atoms with E-state index in [-0.39, 0.29) is 5.91 Å². The van der Waals surface area contributed by atoms with E-state index in [4.69, 9.17) is 4.42 Å². The van der Waals surface area contributed by atoms with Crippen LogP contribution in [0.25, 0.3) is 0 Å². The Balaban J connectivity index is 1.94. The Morgan fingerprint density at radius 1 is 1.44 bits per heavy atom. The second-order valence-corrected chi connectivity index (χ2v) is 4.97. The Hall–Kier alpha value is -1.71. The third-order valence-corrected chi connectivity index (χ3v) is 3.21. The zero-order chi connectivity index (χ0) is 13.1. The van der Waals surface area contributed by atoms with Gasteiger partial charge in [0.25, 0.3) is 5.91 Å². The molecule has 1 aromatic rings. The number of amides is 1. The number of furan rings is 1. The molecule has 0 aliphatic heterocycles. The molecule has 98 valence electrons. The zero-order valence-corrected chi connectivity index (χ0v) is 11.2. The fourth-order valence-corrected chi connectivity index (χ4v) is 2.29. The molecule has 0 spiro atoms. The van der Waals surface area contributed by atoms with Crippen molar-refractivity contribution in [2.24, 2.45) is 5.92 Å². The molecule has 0 bridgehead atoms. The highest BCUT2D eigenvalue weighted by atomic mass is 16.3. The quantitative estimate of drug-likeness (QED) is 0.809. The molecule has 1 aliphatic rings. The van der Waals surface area contributed by atoms with Crippen LogP contribution >= 0.6 is 0 Å². The number of carbonyl (C=O) groups is 1. The molecule has 1 aromatic heterocycles. The average molecular weight is 248 g/mol. The molecule has 2 N–H and O–H groups in total. The fraction of sp³-hybridized carbons (Fsp3) is 0.500. The van der Waals surface area contributed by atoms with E-state index >= 15 is 0 Å². The zero-order valence-electron chi connectivity index (χ0n) is 11.2. The standard InChI is InChI=1S/C14H20N2O2/c1-9-5-4-6-12(7-9)15-16-14(17)13-8-10(2)18-11(13)3/h7-9,15H,4-6H2,1-3H3,(H,16,17)/t9-/m1/s1. The van der Waals surface area contributed by atoms with Gasteiger partial charge in [-0.25, -0.2) is 0 Å². The topological polar surface area (TPSA) is 54.3 Å². The van der Waals surface area contributed by atoms with Gasteiger partial charge in [0.05, 0.1) is 5.56 Å². The van der Waals surface area contributed by atoms with Crippen LogP contribution in [-0.2, 0) is 0 Å². The molecule has 18 heavy (non-hydrogen) atoms. The Morgan fingerprint density at radius 2 is 2.22 bits per heavy atom. The molecule has 1 atom stereocenters. The molecule has 0 aromatic carbocycles. The molecule has 1 amide bonds. The van der Waals surface area contributed by atoms with Crippen LogP contribution in [0.2, 0.25) is 0 Å². The molecule has 1 heterocycles. The Labute approximate surface area is 107 Å². The van der Waals surface area contributed by atoms with E-state index in [1.165, 1.54) is 12.8 Å². The third-order valence-electron chi connectivity index (χ3n) is 3.21. The molecular formula is C14H20N2O2. The van der Waals surface area contributed by atoms with Crippen molar-refractivity contribution in [1.29, 1.82) is 0 Å². The van der Waals surface area contributed by atoms with Crippen molar-refractivity contribution in [3.8, 4) is 0 Å². The lowest BCUT2D eigenvalue weighted by Crippen LogP contribution is -2.37. The van der Waals surface area contributed by atoms with Crippen LogP contribution in [0.3, 0.4) is 0 Å². The van der Waals surface area contributed by atoms with Gasteiger partial charge >= 0.3 is 0 Å². The molecule has 4 nitrogen and oxygen atoms in total. The largest absolute Gasteiger partial charge is 0.466 e. The minimum atomic E-state index is -0.150. The number of hydrogen-bond acceptors (Lipinski definition) is 3. The van der Waals surface area contributed by atoms with Crippen molar-refractivity contribution >= 4 is 5.91 Å². The van der Waals surface area contributed by atoms with Crippen molar-refractivity contribution in [3.05, 3.63) is 34.9 Å². The predicted octanol–water partition coefficient (Wildman–Crippen LogP) is 2.83. The Morgan fingerprint density at radius 3 is 2.83 bits per heavy atom. The molecule has 4 heteroatoms. The lowest BCUT2D eigenvalue weighted by atomic mass is 9.96. The first kappa shape index (κ1) is 12.7. The summed E-state index contributed by atoms with van der Waals surface area (Å²) in [5, 5.41) is 0. The molecule has 0 saturated heterocycles. The number of aryl methyl sites for hydroxylation is 2. The van der Waals surface area contributed by atoms with Gasteiger partial charge in [-0.2, -0.15) is 0 Å². The third kappa shape index (κ3) is 2.94. The Bertz CT molecular complexity index is 474. The smallest absolute Gasteiger partial charge is 0.273 e. The maximum atomic E-state index is 11.9. The summed E-state index contributed by atoms with van der Waals surface area (Å²) in [5.41, 5.74) is 7.42. The normalized spacial score (nSPS) is 19.3. The van der Waals surface area contributed by atoms with Crippen LogP contribution in [-0.4, -0.2) is 5.91 Å². The molecular weight excluding hydrogens is 228 g/mol. The van der Waals surface area contributed by atoms with Gasteiger partial charge in [-0.15, -0.1) is 0 Å². The molecule has 0 saturated carbocycles. The van der Waals surface area contributed by atoms with Gasteiger partial charge in [0.1, 0.15) is 11.5 Å². The molecule has 1 aliphatic carbocycles. The summed E-state index contributed by atoms with van der Waals surface area (Å²) in [7, 11) is 0. The first-order chi connectivity index (χ1) is 8.56. The van der Waals surface area contributed by atoms with Gasteiger partial charge < -0.3 is 9.84 Å². The van der Waals surface area contributed by atoms with E-state index < -0.39 is 0 Å². The second kappa shape index (κ2) is 5.29. The molecule has 0 radical (unpaired) electrons. The van der Waals surface area contributed by atoms with Crippen molar-refractivity contribution < 1.29 is 9.21 Å². The summed E-state index contributed by atoms with van der Waals surface area (Å²) < 4.78 is 5.34. The maximum absolute atomic E-state index is 11.9. The molecule has 0 fully saturated rings. The van der Waals surface area contributed by atoms with Crippen LogP contribution in [0.1, 0.15) is 48.1 Å². The summed E-state index contributed by atoms with van der Waals surface area (Å²) in [4.78, 5) is 11.9. The summed E-state index contributed by atoms with van der Waals surface area (Å²) in [6.07, 6.45) is 5.56.